The molecule has 0 radical (unpaired) electrons. The molecule has 5 nitrogen and oxygen atoms in total. The number of amides is 2. The summed E-state index contributed by atoms with van der Waals surface area (Å²) in [7, 11) is 0. The normalized spacial score (nSPS) is 11.8. The lowest BCUT2D eigenvalue weighted by Crippen LogP contribution is -2.46. The molecule has 0 aliphatic heterocycles. The summed E-state index contributed by atoms with van der Waals surface area (Å²) < 4.78 is 0. The molecule has 6 heteroatoms. The average molecular weight is 298 g/mol. The lowest BCUT2D eigenvalue weighted by molar-refractivity contribution is -0.122. The molecule has 0 aliphatic carbocycles. The molecule has 1 aromatic rings. The summed E-state index contributed by atoms with van der Waals surface area (Å²) in [4.78, 5) is 23.7. The molecule has 0 fully saturated rings. The molecular formula is C14H20ClN3O2. The van der Waals surface area contributed by atoms with E-state index in [4.69, 9.17) is 11.6 Å². The van der Waals surface area contributed by atoms with Crippen molar-refractivity contribution in [3.8, 4) is 0 Å². The molecule has 0 aliphatic rings. The summed E-state index contributed by atoms with van der Waals surface area (Å²) in [6.07, 6.45) is 0. The smallest absolute Gasteiger partial charge is 0.251 e. The van der Waals surface area contributed by atoms with Gasteiger partial charge in [-0.1, -0.05) is 18.5 Å². The summed E-state index contributed by atoms with van der Waals surface area (Å²) in [5, 5.41) is 9.05. The van der Waals surface area contributed by atoms with E-state index in [1.807, 2.05) is 6.92 Å². The highest BCUT2D eigenvalue weighted by atomic mass is 35.5. The predicted molar refractivity (Wildman–Crippen MR) is 79.9 cm³/mol. The van der Waals surface area contributed by atoms with Gasteiger partial charge in [0.15, 0.2) is 0 Å². The Kier molecular flexibility index (Phi) is 7.04. The SMILES string of the molecule is CCNCCNC(=O)C(C)NC(=O)c1ccc(Cl)cc1. The summed E-state index contributed by atoms with van der Waals surface area (Å²) in [6, 6.07) is 5.93. The van der Waals surface area contributed by atoms with Crippen LogP contribution in [0.4, 0.5) is 0 Å². The van der Waals surface area contributed by atoms with E-state index in [0.717, 1.165) is 6.54 Å². The van der Waals surface area contributed by atoms with Gasteiger partial charge in [-0.05, 0) is 37.7 Å². The van der Waals surface area contributed by atoms with E-state index in [1.54, 1.807) is 31.2 Å². The van der Waals surface area contributed by atoms with Crippen molar-refractivity contribution in [2.75, 3.05) is 19.6 Å². The molecule has 1 unspecified atom stereocenters. The minimum Gasteiger partial charge on any atom is -0.353 e. The molecule has 20 heavy (non-hydrogen) atoms. The van der Waals surface area contributed by atoms with Crippen LogP contribution in [0.25, 0.3) is 0 Å². The van der Waals surface area contributed by atoms with Crippen molar-refractivity contribution in [3.05, 3.63) is 34.9 Å². The topological polar surface area (TPSA) is 70.2 Å². The van der Waals surface area contributed by atoms with E-state index >= 15 is 0 Å². The lowest BCUT2D eigenvalue weighted by Gasteiger charge is -2.14. The van der Waals surface area contributed by atoms with Gasteiger partial charge in [-0.2, -0.15) is 0 Å². The van der Waals surface area contributed by atoms with Crippen molar-refractivity contribution in [3.63, 3.8) is 0 Å². The van der Waals surface area contributed by atoms with Crippen molar-refractivity contribution < 1.29 is 9.59 Å². The van der Waals surface area contributed by atoms with Gasteiger partial charge in [-0.25, -0.2) is 0 Å². The van der Waals surface area contributed by atoms with Crippen LogP contribution in [0.15, 0.2) is 24.3 Å². The number of hydrogen-bond donors (Lipinski definition) is 3. The van der Waals surface area contributed by atoms with E-state index < -0.39 is 6.04 Å². The number of carbonyl (C=O) groups excluding carboxylic acids is 2. The molecule has 1 aromatic carbocycles. The standard InChI is InChI=1S/C14H20ClN3O2/c1-3-16-8-9-17-13(19)10(2)18-14(20)11-4-6-12(15)7-5-11/h4-7,10,16H,3,8-9H2,1-2H3,(H,17,19)(H,18,20). The molecule has 0 aromatic heterocycles. The van der Waals surface area contributed by atoms with Gasteiger partial charge in [-0.3, -0.25) is 9.59 Å². The highest BCUT2D eigenvalue weighted by Gasteiger charge is 2.15. The van der Waals surface area contributed by atoms with Gasteiger partial charge in [0.05, 0.1) is 0 Å². The number of hydrogen-bond acceptors (Lipinski definition) is 3. The monoisotopic (exact) mass is 297 g/mol. The van der Waals surface area contributed by atoms with E-state index in [-0.39, 0.29) is 11.8 Å². The number of nitrogens with one attached hydrogen (secondary N) is 3. The maximum absolute atomic E-state index is 11.9. The van der Waals surface area contributed by atoms with Crippen LogP contribution >= 0.6 is 11.6 Å². The molecule has 0 bridgehead atoms. The van der Waals surface area contributed by atoms with Gasteiger partial charge < -0.3 is 16.0 Å². The molecule has 0 heterocycles. The van der Waals surface area contributed by atoms with Crippen LogP contribution < -0.4 is 16.0 Å². The van der Waals surface area contributed by atoms with Gasteiger partial charge in [-0.15, -0.1) is 0 Å². The lowest BCUT2D eigenvalue weighted by atomic mass is 10.2. The fraction of sp³-hybridized carbons (Fsp3) is 0.429. The molecule has 0 spiro atoms. The van der Waals surface area contributed by atoms with Crippen molar-refractivity contribution in [1.82, 2.24) is 16.0 Å². The summed E-state index contributed by atoms with van der Waals surface area (Å²) >= 11 is 5.75. The minimum absolute atomic E-state index is 0.204. The van der Waals surface area contributed by atoms with Crippen molar-refractivity contribution >= 4 is 23.4 Å². The van der Waals surface area contributed by atoms with Crippen LogP contribution in [-0.4, -0.2) is 37.5 Å². The van der Waals surface area contributed by atoms with E-state index in [0.29, 0.717) is 23.7 Å². The van der Waals surface area contributed by atoms with Crippen LogP contribution in [0.1, 0.15) is 24.2 Å². The van der Waals surface area contributed by atoms with Crippen molar-refractivity contribution in [2.24, 2.45) is 0 Å². The molecule has 3 N–H and O–H groups in total. The van der Waals surface area contributed by atoms with Crippen LogP contribution in [0.5, 0.6) is 0 Å². The van der Waals surface area contributed by atoms with Crippen LogP contribution in [0, 0.1) is 0 Å². The second kappa shape index (κ2) is 8.55. The Bertz CT molecular complexity index is 448. The minimum atomic E-state index is -0.584. The maximum atomic E-state index is 11.9. The molecule has 0 saturated carbocycles. The zero-order valence-corrected chi connectivity index (χ0v) is 12.5. The molecule has 0 saturated heterocycles. The van der Waals surface area contributed by atoms with Gasteiger partial charge >= 0.3 is 0 Å². The highest BCUT2D eigenvalue weighted by Crippen LogP contribution is 2.09. The quantitative estimate of drug-likeness (QED) is 0.662. The molecule has 1 atom stereocenters. The van der Waals surface area contributed by atoms with Crippen molar-refractivity contribution in [2.45, 2.75) is 19.9 Å². The largest absolute Gasteiger partial charge is 0.353 e. The van der Waals surface area contributed by atoms with Gasteiger partial charge in [0, 0.05) is 23.7 Å². The van der Waals surface area contributed by atoms with E-state index in [9.17, 15) is 9.59 Å². The fourth-order valence-electron chi connectivity index (χ4n) is 1.55. The second-order valence-corrected chi connectivity index (χ2v) is 4.78. The molecule has 1 rings (SSSR count). The predicted octanol–water partition coefficient (Wildman–Crippen LogP) is 1.18. The third-order valence-electron chi connectivity index (χ3n) is 2.70. The van der Waals surface area contributed by atoms with Gasteiger partial charge in [0.2, 0.25) is 5.91 Å². The average Bonchev–Trinajstić information content (AvgIpc) is 2.44. The zero-order valence-electron chi connectivity index (χ0n) is 11.7. The Morgan fingerprint density at radius 1 is 1.20 bits per heavy atom. The Hall–Kier alpha value is -1.59. The van der Waals surface area contributed by atoms with Crippen molar-refractivity contribution in [1.29, 1.82) is 0 Å². The number of halogens is 1. The number of likely N-dealkylation sites (N-methyl/N-ethyl adjacent to an activating group) is 1. The van der Waals surface area contributed by atoms with Crippen LogP contribution in [0.3, 0.4) is 0 Å². The first-order valence-electron chi connectivity index (χ1n) is 6.59. The third kappa shape index (κ3) is 5.59. The first-order valence-corrected chi connectivity index (χ1v) is 6.97. The Morgan fingerprint density at radius 2 is 1.85 bits per heavy atom. The van der Waals surface area contributed by atoms with E-state index in [1.165, 1.54) is 0 Å². The Balaban J connectivity index is 2.40. The second-order valence-electron chi connectivity index (χ2n) is 4.35. The fourth-order valence-corrected chi connectivity index (χ4v) is 1.68. The third-order valence-corrected chi connectivity index (χ3v) is 2.95. The number of benzene rings is 1. The molecule has 110 valence electrons. The maximum Gasteiger partial charge on any atom is 0.251 e. The number of rotatable bonds is 7. The number of carbonyl (C=O) groups is 2. The Labute approximate surface area is 124 Å². The van der Waals surface area contributed by atoms with Gasteiger partial charge in [0.25, 0.3) is 5.91 Å². The summed E-state index contributed by atoms with van der Waals surface area (Å²) in [5.74, 6) is -0.499. The summed E-state index contributed by atoms with van der Waals surface area (Å²) in [5.41, 5.74) is 0.474. The highest BCUT2D eigenvalue weighted by molar-refractivity contribution is 6.30. The first kappa shape index (κ1) is 16.5. The zero-order chi connectivity index (χ0) is 15.0. The molecule has 2 amide bonds. The van der Waals surface area contributed by atoms with Crippen LogP contribution in [-0.2, 0) is 4.79 Å². The van der Waals surface area contributed by atoms with Crippen LogP contribution in [0.2, 0.25) is 5.02 Å². The van der Waals surface area contributed by atoms with Gasteiger partial charge in [0.1, 0.15) is 6.04 Å². The molecular weight excluding hydrogens is 278 g/mol. The summed E-state index contributed by atoms with van der Waals surface area (Å²) in [6.45, 7) is 5.75. The Morgan fingerprint density at radius 3 is 2.45 bits per heavy atom. The first-order chi connectivity index (χ1) is 9.54. The van der Waals surface area contributed by atoms with E-state index in [2.05, 4.69) is 16.0 Å².